The van der Waals surface area contributed by atoms with Gasteiger partial charge in [0.2, 0.25) is 5.91 Å². The Bertz CT molecular complexity index is 471. The highest BCUT2D eigenvalue weighted by atomic mass is 16.3. The number of aliphatic hydroxyl groups excluding tert-OH is 1. The number of amides is 1. The van der Waals surface area contributed by atoms with Crippen molar-refractivity contribution >= 4 is 5.91 Å². The van der Waals surface area contributed by atoms with Crippen LogP contribution in [0.15, 0.2) is 30.3 Å². The summed E-state index contributed by atoms with van der Waals surface area (Å²) in [7, 11) is 0. The van der Waals surface area contributed by atoms with Crippen LogP contribution < -0.4 is 10.6 Å². The number of benzene rings is 1. The standard InChI is InChI=1S/C17H24N2O2/c20-11-15-16(12-6-2-1-3-7-12)14(19-15)10-18-17(21)13-8-4-5-9-13/h1-3,6-7,13-16,19-20H,4-5,8-11H2,(H,18,21)/t14-,15-,16-/m0/s1. The fourth-order valence-electron chi connectivity index (χ4n) is 3.68. The number of carbonyl (C=O) groups excluding carboxylic acids is 1. The molecule has 4 nitrogen and oxygen atoms in total. The molecule has 1 saturated carbocycles. The molecule has 0 unspecified atom stereocenters. The average Bonchev–Trinajstić information content (AvgIpc) is 3.01. The van der Waals surface area contributed by atoms with Gasteiger partial charge >= 0.3 is 0 Å². The van der Waals surface area contributed by atoms with Crippen molar-refractivity contribution in [2.24, 2.45) is 5.92 Å². The van der Waals surface area contributed by atoms with Crippen LogP contribution in [0.25, 0.3) is 0 Å². The number of rotatable bonds is 5. The lowest BCUT2D eigenvalue weighted by Gasteiger charge is -2.46. The van der Waals surface area contributed by atoms with Crippen LogP contribution >= 0.6 is 0 Å². The van der Waals surface area contributed by atoms with Gasteiger partial charge in [-0.25, -0.2) is 0 Å². The third-order valence-corrected chi connectivity index (χ3v) is 4.90. The van der Waals surface area contributed by atoms with Crippen molar-refractivity contribution in [2.45, 2.75) is 43.7 Å². The van der Waals surface area contributed by atoms with Gasteiger partial charge < -0.3 is 15.7 Å². The van der Waals surface area contributed by atoms with Crippen LogP contribution in [0.2, 0.25) is 0 Å². The smallest absolute Gasteiger partial charge is 0.223 e. The molecule has 1 aromatic carbocycles. The molecule has 3 rings (SSSR count). The molecule has 0 bridgehead atoms. The maximum atomic E-state index is 12.1. The maximum Gasteiger partial charge on any atom is 0.223 e. The molecule has 1 amide bonds. The minimum absolute atomic E-state index is 0.0979. The lowest BCUT2D eigenvalue weighted by Crippen LogP contribution is -2.64. The normalized spacial score (nSPS) is 29.1. The first-order valence-electron chi connectivity index (χ1n) is 7.99. The van der Waals surface area contributed by atoms with E-state index in [1.165, 1.54) is 18.4 Å². The van der Waals surface area contributed by atoms with Gasteiger partial charge in [-0.2, -0.15) is 0 Å². The topological polar surface area (TPSA) is 61.4 Å². The number of carbonyl (C=O) groups is 1. The number of hydrogen-bond acceptors (Lipinski definition) is 3. The highest BCUT2D eigenvalue weighted by molar-refractivity contribution is 5.78. The van der Waals surface area contributed by atoms with Gasteiger partial charge in [0.05, 0.1) is 6.61 Å². The van der Waals surface area contributed by atoms with Crippen molar-refractivity contribution in [3.8, 4) is 0 Å². The predicted octanol–water partition coefficient (Wildman–Crippen LogP) is 1.41. The molecule has 2 fully saturated rings. The van der Waals surface area contributed by atoms with E-state index >= 15 is 0 Å². The van der Waals surface area contributed by atoms with E-state index in [2.05, 4.69) is 22.8 Å². The second-order valence-corrected chi connectivity index (χ2v) is 6.23. The molecule has 1 saturated heterocycles. The Labute approximate surface area is 125 Å². The highest BCUT2D eigenvalue weighted by Crippen LogP contribution is 2.32. The van der Waals surface area contributed by atoms with Gasteiger partial charge in [0.25, 0.3) is 0 Å². The Hall–Kier alpha value is -1.39. The van der Waals surface area contributed by atoms with Crippen molar-refractivity contribution in [1.82, 2.24) is 10.6 Å². The van der Waals surface area contributed by atoms with Gasteiger partial charge in [0.1, 0.15) is 0 Å². The van der Waals surface area contributed by atoms with Crippen LogP contribution in [0, 0.1) is 5.92 Å². The molecular weight excluding hydrogens is 264 g/mol. The van der Waals surface area contributed by atoms with Crippen LogP contribution in [0.3, 0.4) is 0 Å². The summed E-state index contributed by atoms with van der Waals surface area (Å²) >= 11 is 0. The molecule has 0 spiro atoms. The Balaban J connectivity index is 1.56. The fraction of sp³-hybridized carbons (Fsp3) is 0.588. The van der Waals surface area contributed by atoms with Crippen LogP contribution in [0.5, 0.6) is 0 Å². The van der Waals surface area contributed by atoms with Crippen molar-refractivity contribution in [2.75, 3.05) is 13.2 Å². The van der Waals surface area contributed by atoms with Crippen LogP contribution in [0.1, 0.15) is 37.2 Å². The molecule has 1 aliphatic carbocycles. The van der Waals surface area contributed by atoms with Crippen LogP contribution in [0.4, 0.5) is 0 Å². The second kappa shape index (κ2) is 6.58. The summed E-state index contributed by atoms with van der Waals surface area (Å²) in [6.45, 7) is 0.776. The van der Waals surface area contributed by atoms with Crippen LogP contribution in [-0.2, 0) is 4.79 Å². The second-order valence-electron chi connectivity index (χ2n) is 6.23. The van der Waals surface area contributed by atoms with Gasteiger partial charge in [-0.1, -0.05) is 43.2 Å². The maximum absolute atomic E-state index is 12.1. The minimum atomic E-state index is 0.0979. The Morgan fingerprint density at radius 3 is 2.57 bits per heavy atom. The zero-order chi connectivity index (χ0) is 14.7. The SMILES string of the molecule is O=C(NC[C@@H]1N[C@@H](CO)[C@H]1c1ccccc1)C1CCCC1. The third-order valence-electron chi connectivity index (χ3n) is 4.90. The summed E-state index contributed by atoms with van der Waals surface area (Å²) in [4.78, 5) is 12.1. The summed E-state index contributed by atoms with van der Waals surface area (Å²) in [5, 5.41) is 15.9. The van der Waals surface area contributed by atoms with Crippen molar-refractivity contribution in [1.29, 1.82) is 0 Å². The Morgan fingerprint density at radius 1 is 1.19 bits per heavy atom. The molecule has 0 aromatic heterocycles. The molecule has 1 aromatic rings. The van der Waals surface area contributed by atoms with E-state index in [0.717, 1.165) is 12.8 Å². The predicted molar refractivity (Wildman–Crippen MR) is 81.9 cm³/mol. The van der Waals surface area contributed by atoms with Crippen LogP contribution in [-0.4, -0.2) is 36.2 Å². The summed E-state index contributed by atoms with van der Waals surface area (Å²) in [5.74, 6) is 0.697. The van der Waals surface area contributed by atoms with Crippen molar-refractivity contribution < 1.29 is 9.90 Å². The minimum Gasteiger partial charge on any atom is -0.395 e. The fourth-order valence-corrected chi connectivity index (χ4v) is 3.68. The quantitative estimate of drug-likeness (QED) is 0.768. The molecule has 1 heterocycles. The summed E-state index contributed by atoms with van der Waals surface area (Å²) in [6.07, 6.45) is 4.43. The summed E-state index contributed by atoms with van der Waals surface area (Å²) in [6, 6.07) is 10.6. The van der Waals surface area contributed by atoms with Crippen molar-refractivity contribution in [3.63, 3.8) is 0 Å². The van der Waals surface area contributed by atoms with Gasteiger partial charge in [0, 0.05) is 30.5 Å². The lowest BCUT2D eigenvalue weighted by atomic mass is 9.77. The van der Waals surface area contributed by atoms with Gasteiger partial charge in [0.15, 0.2) is 0 Å². The summed E-state index contributed by atoms with van der Waals surface area (Å²) < 4.78 is 0. The molecule has 2 aliphatic rings. The molecule has 3 N–H and O–H groups in total. The van der Waals surface area contributed by atoms with E-state index in [-0.39, 0.29) is 36.4 Å². The summed E-state index contributed by atoms with van der Waals surface area (Å²) in [5.41, 5.74) is 1.23. The molecule has 0 radical (unpaired) electrons. The van der Waals surface area contributed by atoms with E-state index in [9.17, 15) is 9.90 Å². The molecule has 4 heteroatoms. The molecule has 21 heavy (non-hydrogen) atoms. The number of nitrogens with one attached hydrogen (secondary N) is 2. The monoisotopic (exact) mass is 288 g/mol. The van der Waals surface area contributed by atoms with E-state index in [0.29, 0.717) is 6.54 Å². The molecule has 3 atom stereocenters. The molecule has 1 aliphatic heterocycles. The Morgan fingerprint density at radius 2 is 1.90 bits per heavy atom. The van der Waals surface area contributed by atoms with Gasteiger partial charge in [-0.15, -0.1) is 0 Å². The van der Waals surface area contributed by atoms with Gasteiger partial charge in [-0.3, -0.25) is 4.79 Å². The van der Waals surface area contributed by atoms with Gasteiger partial charge in [-0.05, 0) is 18.4 Å². The first kappa shape index (κ1) is 14.5. The highest BCUT2D eigenvalue weighted by Gasteiger charge is 2.41. The lowest BCUT2D eigenvalue weighted by molar-refractivity contribution is -0.125. The number of hydrogen-bond donors (Lipinski definition) is 3. The molecule has 114 valence electrons. The Kier molecular flexibility index (Phi) is 4.56. The first-order valence-corrected chi connectivity index (χ1v) is 7.99. The average molecular weight is 288 g/mol. The third kappa shape index (κ3) is 3.11. The first-order chi connectivity index (χ1) is 10.3. The largest absolute Gasteiger partial charge is 0.395 e. The van der Waals surface area contributed by atoms with E-state index in [1.54, 1.807) is 0 Å². The zero-order valence-corrected chi connectivity index (χ0v) is 12.3. The van der Waals surface area contributed by atoms with E-state index < -0.39 is 0 Å². The zero-order valence-electron chi connectivity index (χ0n) is 12.3. The van der Waals surface area contributed by atoms with E-state index in [4.69, 9.17) is 0 Å². The molecular formula is C17H24N2O2. The van der Waals surface area contributed by atoms with Crippen molar-refractivity contribution in [3.05, 3.63) is 35.9 Å². The number of aliphatic hydroxyl groups is 1. The van der Waals surface area contributed by atoms with E-state index in [1.807, 2.05) is 18.2 Å².